The third kappa shape index (κ3) is 2.92. The lowest BCUT2D eigenvalue weighted by molar-refractivity contribution is 0.102. The summed E-state index contributed by atoms with van der Waals surface area (Å²) in [6, 6.07) is 5.57. The minimum absolute atomic E-state index is 0.222. The molecule has 0 spiro atoms. The SMILES string of the molecule is Cc1nn(C)c(NC(=O)c2cc(I)ccc2Br)c1N. The van der Waals surface area contributed by atoms with Crippen molar-refractivity contribution < 1.29 is 4.79 Å². The number of aromatic nitrogens is 2. The molecule has 1 aromatic carbocycles. The second-order valence-electron chi connectivity index (χ2n) is 4.05. The molecule has 0 aliphatic heterocycles. The fraction of sp³-hybridized carbons (Fsp3) is 0.167. The number of anilines is 2. The van der Waals surface area contributed by atoms with Gasteiger partial charge in [-0.05, 0) is 63.6 Å². The third-order valence-electron chi connectivity index (χ3n) is 2.67. The predicted octanol–water partition coefficient (Wildman–Crippen LogP) is 2.93. The molecule has 1 heterocycles. The molecular formula is C12H12BrIN4O. The molecule has 1 amide bonds. The van der Waals surface area contributed by atoms with E-state index in [4.69, 9.17) is 5.73 Å². The highest BCUT2D eigenvalue weighted by molar-refractivity contribution is 14.1. The van der Waals surface area contributed by atoms with E-state index in [0.717, 1.165) is 8.04 Å². The van der Waals surface area contributed by atoms with E-state index in [-0.39, 0.29) is 5.91 Å². The van der Waals surface area contributed by atoms with Crippen molar-refractivity contribution in [3.05, 3.63) is 37.5 Å². The molecule has 2 rings (SSSR count). The summed E-state index contributed by atoms with van der Waals surface area (Å²) in [4.78, 5) is 12.3. The first-order valence-electron chi connectivity index (χ1n) is 5.45. The Labute approximate surface area is 132 Å². The molecule has 3 N–H and O–H groups in total. The Balaban J connectivity index is 2.33. The number of halogens is 2. The first-order chi connectivity index (χ1) is 8.90. The number of carbonyl (C=O) groups is 1. The smallest absolute Gasteiger partial charge is 0.258 e. The fourth-order valence-electron chi connectivity index (χ4n) is 1.67. The van der Waals surface area contributed by atoms with Gasteiger partial charge in [-0.25, -0.2) is 0 Å². The van der Waals surface area contributed by atoms with Gasteiger partial charge in [0.05, 0.1) is 16.9 Å². The van der Waals surface area contributed by atoms with Crippen LogP contribution in [0.1, 0.15) is 16.1 Å². The van der Waals surface area contributed by atoms with Crippen LogP contribution in [0.15, 0.2) is 22.7 Å². The van der Waals surface area contributed by atoms with E-state index in [1.165, 1.54) is 0 Å². The van der Waals surface area contributed by atoms with Crippen LogP contribution in [0.2, 0.25) is 0 Å². The number of hydrogen-bond acceptors (Lipinski definition) is 3. The molecule has 0 radical (unpaired) electrons. The average Bonchev–Trinajstić information content (AvgIpc) is 2.59. The van der Waals surface area contributed by atoms with Crippen LogP contribution in [0.4, 0.5) is 11.5 Å². The number of aryl methyl sites for hydroxylation is 2. The zero-order chi connectivity index (χ0) is 14.2. The first kappa shape index (κ1) is 14.3. The zero-order valence-corrected chi connectivity index (χ0v) is 14.1. The summed E-state index contributed by atoms with van der Waals surface area (Å²) in [7, 11) is 1.74. The number of amides is 1. The van der Waals surface area contributed by atoms with E-state index in [2.05, 4.69) is 48.9 Å². The minimum atomic E-state index is -0.222. The van der Waals surface area contributed by atoms with Gasteiger partial charge in [0.25, 0.3) is 5.91 Å². The molecule has 2 aromatic rings. The molecule has 0 aliphatic rings. The summed E-state index contributed by atoms with van der Waals surface area (Å²) in [5.41, 5.74) is 7.62. The molecule has 0 fully saturated rings. The molecule has 7 heteroatoms. The number of carbonyl (C=O) groups excluding carboxylic acids is 1. The van der Waals surface area contributed by atoms with Gasteiger partial charge in [0.2, 0.25) is 0 Å². The highest BCUT2D eigenvalue weighted by Gasteiger charge is 2.16. The van der Waals surface area contributed by atoms with Crippen molar-refractivity contribution in [1.82, 2.24) is 9.78 Å². The Morgan fingerprint density at radius 3 is 2.79 bits per heavy atom. The maximum atomic E-state index is 12.3. The van der Waals surface area contributed by atoms with Gasteiger partial charge in [0.1, 0.15) is 0 Å². The van der Waals surface area contributed by atoms with Crippen molar-refractivity contribution in [2.24, 2.45) is 7.05 Å². The van der Waals surface area contributed by atoms with Crippen LogP contribution in [-0.2, 0) is 7.05 Å². The monoisotopic (exact) mass is 434 g/mol. The lowest BCUT2D eigenvalue weighted by Gasteiger charge is -2.08. The standard InChI is InChI=1S/C12H12BrIN4O/c1-6-10(15)11(18(2)17-6)16-12(19)8-5-7(14)3-4-9(8)13/h3-5H,15H2,1-2H3,(H,16,19). The Morgan fingerprint density at radius 2 is 2.21 bits per heavy atom. The van der Waals surface area contributed by atoms with Gasteiger partial charge in [0.15, 0.2) is 5.82 Å². The van der Waals surface area contributed by atoms with Crippen LogP contribution in [0.5, 0.6) is 0 Å². The van der Waals surface area contributed by atoms with Crippen molar-refractivity contribution in [1.29, 1.82) is 0 Å². The lowest BCUT2D eigenvalue weighted by Crippen LogP contribution is -2.16. The van der Waals surface area contributed by atoms with E-state index in [0.29, 0.717) is 22.8 Å². The van der Waals surface area contributed by atoms with Crippen molar-refractivity contribution >= 4 is 55.9 Å². The summed E-state index contributed by atoms with van der Waals surface area (Å²) in [6.45, 7) is 1.80. The molecule has 19 heavy (non-hydrogen) atoms. The number of nitrogens with zero attached hydrogens (tertiary/aromatic N) is 2. The summed E-state index contributed by atoms with van der Waals surface area (Å²) in [5.74, 6) is 0.286. The third-order valence-corrected chi connectivity index (χ3v) is 4.04. The minimum Gasteiger partial charge on any atom is -0.394 e. The summed E-state index contributed by atoms with van der Waals surface area (Å²) in [6.07, 6.45) is 0. The fourth-order valence-corrected chi connectivity index (χ4v) is 2.59. The van der Waals surface area contributed by atoms with Gasteiger partial charge < -0.3 is 11.1 Å². The van der Waals surface area contributed by atoms with Crippen molar-refractivity contribution in [2.75, 3.05) is 11.1 Å². The number of hydrogen-bond donors (Lipinski definition) is 2. The number of benzene rings is 1. The molecule has 0 saturated heterocycles. The summed E-state index contributed by atoms with van der Waals surface area (Å²) < 4.78 is 3.28. The highest BCUT2D eigenvalue weighted by atomic mass is 127. The first-order valence-corrected chi connectivity index (χ1v) is 7.32. The van der Waals surface area contributed by atoms with Crippen LogP contribution in [0.3, 0.4) is 0 Å². The maximum Gasteiger partial charge on any atom is 0.258 e. The molecule has 0 unspecified atom stereocenters. The zero-order valence-electron chi connectivity index (χ0n) is 10.4. The van der Waals surface area contributed by atoms with Gasteiger partial charge >= 0.3 is 0 Å². The maximum absolute atomic E-state index is 12.3. The van der Waals surface area contributed by atoms with Gasteiger partial charge in [-0.1, -0.05) is 0 Å². The molecule has 1 aromatic heterocycles. The molecular weight excluding hydrogens is 423 g/mol. The van der Waals surface area contributed by atoms with E-state index in [1.54, 1.807) is 24.7 Å². The summed E-state index contributed by atoms with van der Waals surface area (Å²) in [5, 5.41) is 6.95. The average molecular weight is 435 g/mol. The van der Waals surface area contributed by atoms with Gasteiger partial charge in [0, 0.05) is 15.1 Å². The Morgan fingerprint density at radius 1 is 1.53 bits per heavy atom. The predicted molar refractivity (Wildman–Crippen MR) is 87.2 cm³/mol. The largest absolute Gasteiger partial charge is 0.394 e. The Bertz CT molecular complexity index is 653. The van der Waals surface area contributed by atoms with Crippen LogP contribution < -0.4 is 11.1 Å². The van der Waals surface area contributed by atoms with Gasteiger partial charge in [-0.2, -0.15) is 5.10 Å². The van der Waals surface area contributed by atoms with Crippen LogP contribution >= 0.6 is 38.5 Å². The van der Waals surface area contributed by atoms with E-state index in [9.17, 15) is 4.79 Å². The lowest BCUT2D eigenvalue weighted by atomic mass is 10.2. The van der Waals surface area contributed by atoms with Gasteiger partial charge in [-0.15, -0.1) is 0 Å². The van der Waals surface area contributed by atoms with Crippen LogP contribution in [0.25, 0.3) is 0 Å². The quantitative estimate of drug-likeness (QED) is 0.713. The normalized spacial score (nSPS) is 10.5. The molecule has 100 valence electrons. The van der Waals surface area contributed by atoms with Crippen molar-refractivity contribution in [3.63, 3.8) is 0 Å². The number of nitrogens with one attached hydrogen (secondary N) is 1. The molecule has 0 bridgehead atoms. The molecule has 0 atom stereocenters. The van der Waals surface area contributed by atoms with Crippen molar-refractivity contribution in [2.45, 2.75) is 6.92 Å². The number of rotatable bonds is 2. The molecule has 0 saturated carbocycles. The second kappa shape index (κ2) is 5.49. The molecule has 0 aliphatic carbocycles. The topological polar surface area (TPSA) is 72.9 Å². The van der Waals surface area contributed by atoms with E-state index < -0.39 is 0 Å². The molecule has 5 nitrogen and oxygen atoms in total. The second-order valence-corrected chi connectivity index (χ2v) is 6.15. The Kier molecular flexibility index (Phi) is 4.14. The van der Waals surface area contributed by atoms with E-state index in [1.807, 2.05) is 12.1 Å². The van der Waals surface area contributed by atoms with Crippen LogP contribution in [0, 0.1) is 10.5 Å². The van der Waals surface area contributed by atoms with Gasteiger partial charge in [-0.3, -0.25) is 9.48 Å². The Hall–Kier alpha value is -1.09. The van der Waals surface area contributed by atoms with Crippen molar-refractivity contribution in [3.8, 4) is 0 Å². The van der Waals surface area contributed by atoms with E-state index >= 15 is 0 Å². The highest BCUT2D eigenvalue weighted by Crippen LogP contribution is 2.24. The summed E-state index contributed by atoms with van der Waals surface area (Å²) >= 11 is 5.53. The number of nitrogens with two attached hydrogens (primary N) is 1. The number of nitrogen functional groups attached to an aromatic ring is 1. The van der Waals surface area contributed by atoms with Crippen LogP contribution in [-0.4, -0.2) is 15.7 Å².